The number of aliphatic hydroxyl groups excluding tert-OH is 1. The summed E-state index contributed by atoms with van der Waals surface area (Å²) < 4.78 is 0. The number of thioether (sulfide) groups is 1. The van der Waals surface area contributed by atoms with Crippen molar-refractivity contribution < 1.29 is 5.11 Å². The normalized spacial score (nSPS) is 13.6. The lowest BCUT2D eigenvalue weighted by Crippen LogP contribution is -2.13. The van der Waals surface area contributed by atoms with E-state index in [1.165, 1.54) is 30.8 Å². The van der Waals surface area contributed by atoms with E-state index in [0.29, 0.717) is 5.92 Å². The first-order valence-electron chi connectivity index (χ1n) is 5.44. The molecule has 0 radical (unpaired) electrons. The summed E-state index contributed by atoms with van der Waals surface area (Å²) in [5.74, 6) is 2.94. The van der Waals surface area contributed by atoms with Crippen LogP contribution in [0.25, 0.3) is 0 Å². The quantitative estimate of drug-likeness (QED) is 0.612. The lowest BCUT2D eigenvalue weighted by Gasteiger charge is -2.13. The van der Waals surface area contributed by atoms with Gasteiger partial charge >= 0.3 is 0 Å². The second-order valence-corrected chi connectivity index (χ2v) is 5.25. The van der Waals surface area contributed by atoms with Gasteiger partial charge in [0.1, 0.15) is 0 Å². The van der Waals surface area contributed by atoms with Crippen LogP contribution in [0.1, 0.15) is 46.5 Å². The summed E-state index contributed by atoms with van der Waals surface area (Å²) in [6.45, 7) is 6.36. The maximum absolute atomic E-state index is 9.52. The lowest BCUT2D eigenvalue weighted by molar-refractivity contribution is 0.113. The van der Waals surface area contributed by atoms with Crippen LogP contribution in [-0.2, 0) is 0 Å². The molecule has 1 atom stereocenters. The number of hydrogen-bond acceptors (Lipinski definition) is 2. The summed E-state index contributed by atoms with van der Waals surface area (Å²) in [6.07, 6.45) is 4.66. The SMILES string of the molecule is CCSCCCCCC(O)C(C)C. The van der Waals surface area contributed by atoms with Crippen molar-refractivity contribution in [2.75, 3.05) is 11.5 Å². The monoisotopic (exact) mass is 204 g/mol. The van der Waals surface area contributed by atoms with Gasteiger partial charge in [-0.15, -0.1) is 0 Å². The van der Waals surface area contributed by atoms with Gasteiger partial charge in [0.15, 0.2) is 0 Å². The zero-order valence-electron chi connectivity index (χ0n) is 9.25. The Hall–Kier alpha value is 0.310. The zero-order valence-corrected chi connectivity index (χ0v) is 10.1. The molecule has 0 aliphatic heterocycles. The predicted molar refractivity (Wildman–Crippen MR) is 62.3 cm³/mol. The van der Waals surface area contributed by atoms with Crippen molar-refractivity contribution in [3.8, 4) is 0 Å². The molecular weight excluding hydrogens is 180 g/mol. The van der Waals surface area contributed by atoms with E-state index in [1.54, 1.807) is 0 Å². The van der Waals surface area contributed by atoms with Crippen LogP contribution in [0.2, 0.25) is 0 Å². The van der Waals surface area contributed by atoms with Gasteiger partial charge in [-0.3, -0.25) is 0 Å². The van der Waals surface area contributed by atoms with E-state index in [1.807, 2.05) is 11.8 Å². The van der Waals surface area contributed by atoms with Gasteiger partial charge in [0.05, 0.1) is 6.10 Å². The minimum atomic E-state index is -0.0844. The second-order valence-electron chi connectivity index (χ2n) is 3.86. The van der Waals surface area contributed by atoms with Crippen LogP contribution in [0.15, 0.2) is 0 Å². The Morgan fingerprint density at radius 2 is 1.85 bits per heavy atom. The summed E-state index contributed by atoms with van der Waals surface area (Å²) in [6, 6.07) is 0. The van der Waals surface area contributed by atoms with Crippen LogP contribution >= 0.6 is 11.8 Å². The average molecular weight is 204 g/mol. The highest BCUT2D eigenvalue weighted by molar-refractivity contribution is 7.99. The molecule has 2 heteroatoms. The fraction of sp³-hybridized carbons (Fsp3) is 1.00. The van der Waals surface area contributed by atoms with Crippen molar-refractivity contribution in [2.24, 2.45) is 5.92 Å². The van der Waals surface area contributed by atoms with Crippen LogP contribution in [0.3, 0.4) is 0 Å². The predicted octanol–water partition coefficient (Wildman–Crippen LogP) is 3.32. The number of unbranched alkanes of at least 4 members (excludes halogenated alkanes) is 2. The van der Waals surface area contributed by atoms with E-state index in [4.69, 9.17) is 0 Å². The number of hydrogen-bond donors (Lipinski definition) is 1. The molecule has 0 rings (SSSR count). The summed E-state index contributed by atoms with van der Waals surface area (Å²) in [4.78, 5) is 0. The Labute approximate surface area is 87.3 Å². The summed E-state index contributed by atoms with van der Waals surface area (Å²) in [5.41, 5.74) is 0. The first kappa shape index (κ1) is 13.3. The summed E-state index contributed by atoms with van der Waals surface area (Å²) >= 11 is 2.01. The van der Waals surface area contributed by atoms with Crippen molar-refractivity contribution in [1.29, 1.82) is 0 Å². The molecule has 0 saturated heterocycles. The largest absolute Gasteiger partial charge is 0.393 e. The second kappa shape index (κ2) is 8.89. The van der Waals surface area contributed by atoms with Crippen molar-refractivity contribution in [3.63, 3.8) is 0 Å². The van der Waals surface area contributed by atoms with Gasteiger partial charge in [0.25, 0.3) is 0 Å². The Bertz CT molecular complexity index is 104. The van der Waals surface area contributed by atoms with E-state index < -0.39 is 0 Å². The molecule has 1 unspecified atom stereocenters. The number of rotatable bonds is 8. The third kappa shape index (κ3) is 8.63. The van der Waals surface area contributed by atoms with E-state index in [-0.39, 0.29) is 6.10 Å². The Morgan fingerprint density at radius 3 is 2.38 bits per heavy atom. The van der Waals surface area contributed by atoms with E-state index in [0.717, 1.165) is 6.42 Å². The molecule has 0 saturated carbocycles. The van der Waals surface area contributed by atoms with Crippen LogP contribution in [0.4, 0.5) is 0 Å². The fourth-order valence-electron chi connectivity index (χ4n) is 1.21. The smallest absolute Gasteiger partial charge is 0.0563 e. The summed E-state index contributed by atoms with van der Waals surface area (Å²) in [7, 11) is 0. The van der Waals surface area contributed by atoms with Crippen molar-refractivity contribution >= 4 is 11.8 Å². The molecular formula is C11H24OS. The van der Waals surface area contributed by atoms with Crippen LogP contribution in [0.5, 0.6) is 0 Å². The van der Waals surface area contributed by atoms with Crippen LogP contribution < -0.4 is 0 Å². The van der Waals surface area contributed by atoms with Gasteiger partial charge in [0.2, 0.25) is 0 Å². The molecule has 0 aromatic carbocycles. The molecule has 0 aliphatic carbocycles. The van der Waals surface area contributed by atoms with E-state index >= 15 is 0 Å². The lowest BCUT2D eigenvalue weighted by atomic mass is 10.0. The highest BCUT2D eigenvalue weighted by Crippen LogP contribution is 2.12. The average Bonchev–Trinajstić information content (AvgIpc) is 2.10. The van der Waals surface area contributed by atoms with Crippen LogP contribution in [-0.4, -0.2) is 22.7 Å². The fourth-order valence-corrected chi connectivity index (χ4v) is 1.91. The van der Waals surface area contributed by atoms with Gasteiger partial charge in [-0.2, -0.15) is 11.8 Å². The van der Waals surface area contributed by atoms with Crippen molar-refractivity contribution in [1.82, 2.24) is 0 Å². The molecule has 0 aromatic heterocycles. The zero-order chi connectivity index (χ0) is 10.1. The molecule has 0 heterocycles. The molecule has 0 spiro atoms. The standard InChI is InChI=1S/C11H24OS/c1-4-13-9-7-5-6-8-11(12)10(2)3/h10-12H,4-9H2,1-3H3. The maximum atomic E-state index is 9.52. The minimum absolute atomic E-state index is 0.0844. The Balaban J connectivity index is 3.07. The van der Waals surface area contributed by atoms with Gasteiger partial charge < -0.3 is 5.11 Å². The van der Waals surface area contributed by atoms with Crippen molar-refractivity contribution in [2.45, 2.75) is 52.6 Å². The van der Waals surface area contributed by atoms with E-state index in [9.17, 15) is 5.11 Å². The molecule has 1 nitrogen and oxygen atoms in total. The highest BCUT2D eigenvalue weighted by Gasteiger charge is 2.07. The van der Waals surface area contributed by atoms with Gasteiger partial charge in [-0.25, -0.2) is 0 Å². The number of aliphatic hydroxyl groups is 1. The molecule has 0 amide bonds. The molecule has 0 bridgehead atoms. The molecule has 0 fully saturated rings. The van der Waals surface area contributed by atoms with E-state index in [2.05, 4.69) is 20.8 Å². The van der Waals surface area contributed by atoms with Crippen molar-refractivity contribution in [3.05, 3.63) is 0 Å². The maximum Gasteiger partial charge on any atom is 0.0563 e. The third-order valence-corrected chi connectivity index (χ3v) is 3.25. The minimum Gasteiger partial charge on any atom is -0.393 e. The Morgan fingerprint density at radius 1 is 1.15 bits per heavy atom. The third-order valence-electron chi connectivity index (χ3n) is 2.26. The first-order valence-corrected chi connectivity index (χ1v) is 6.59. The topological polar surface area (TPSA) is 20.2 Å². The first-order chi connectivity index (χ1) is 6.18. The molecule has 0 aromatic rings. The summed E-state index contributed by atoms with van der Waals surface area (Å²) in [5, 5.41) is 9.52. The van der Waals surface area contributed by atoms with Gasteiger partial charge in [0, 0.05) is 0 Å². The van der Waals surface area contributed by atoms with Gasteiger partial charge in [-0.05, 0) is 30.3 Å². The molecule has 1 N–H and O–H groups in total. The van der Waals surface area contributed by atoms with Gasteiger partial charge in [-0.1, -0.05) is 33.6 Å². The molecule has 80 valence electrons. The molecule has 13 heavy (non-hydrogen) atoms. The molecule has 0 aliphatic rings. The Kier molecular flexibility index (Phi) is 9.10. The highest BCUT2D eigenvalue weighted by atomic mass is 32.2. The van der Waals surface area contributed by atoms with Crippen LogP contribution in [0, 0.1) is 5.92 Å².